The fourth-order valence-electron chi connectivity index (χ4n) is 1.06. The Morgan fingerprint density at radius 2 is 2.50 bits per heavy atom. The molecule has 1 aromatic rings. The normalized spacial score (nSPS) is 12.1. The van der Waals surface area contributed by atoms with Crippen LogP contribution in [0.1, 0.15) is 18.9 Å². The van der Waals surface area contributed by atoms with E-state index in [0.29, 0.717) is 6.54 Å². The van der Waals surface area contributed by atoms with Crippen molar-refractivity contribution >= 4 is 6.08 Å². The van der Waals surface area contributed by atoms with Crippen LogP contribution in [0.3, 0.4) is 0 Å². The van der Waals surface area contributed by atoms with Crippen molar-refractivity contribution in [2.45, 2.75) is 13.3 Å². The van der Waals surface area contributed by atoms with E-state index < -0.39 is 0 Å². The first-order valence-corrected chi connectivity index (χ1v) is 4.14. The smallest absolute Gasteiger partial charge is 0.0562 e. The highest BCUT2D eigenvalue weighted by Gasteiger charge is 1.94. The maximum atomic E-state index is 5.54. The van der Waals surface area contributed by atoms with Crippen molar-refractivity contribution in [3.63, 3.8) is 0 Å². The summed E-state index contributed by atoms with van der Waals surface area (Å²) in [4.78, 5) is 0. The molecule has 12 heavy (non-hydrogen) atoms. The van der Waals surface area contributed by atoms with Gasteiger partial charge in [0.1, 0.15) is 0 Å². The van der Waals surface area contributed by atoms with E-state index in [-0.39, 0.29) is 0 Å². The average molecular weight is 165 g/mol. The monoisotopic (exact) mass is 165 g/mol. The van der Waals surface area contributed by atoms with E-state index in [2.05, 4.69) is 18.1 Å². The van der Waals surface area contributed by atoms with Crippen LogP contribution in [0.15, 0.2) is 18.0 Å². The SMILES string of the molecule is CCC(=Cc1cnn(C)c1)CN. The van der Waals surface area contributed by atoms with Gasteiger partial charge in [-0.2, -0.15) is 5.10 Å². The van der Waals surface area contributed by atoms with Crippen LogP contribution in [0, 0.1) is 0 Å². The minimum absolute atomic E-state index is 0.630. The van der Waals surface area contributed by atoms with Gasteiger partial charge in [0.25, 0.3) is 0 Å². The van der Waals surface area contributed by atoms with Crippen molar-refractivity contribution in [3.05, 3.63) is 23.5 Å². The molecule has 0 spiro atoms. The van der Waals surface area contributed by atoms with E-state index in [9.17, 15) is 0 Å². The first kappa shape index (κ1) is 9.00. The van der Waals surface area contributed by atoms with Gasteiger partial charge >= 0.3 is 0 Å². The van der Waals surface area contributed by atoms with Crippen LogP contribution in [0.25, 0.3) is 6.08 Å². The van der Waals surface area contributed by atoms with Crippen molar-refractivity contribution in [1.82, 2.24) is 9.78 Å². The summed E-state index contributed by atoms with van der Waals surface area (Å²) in [6, 6.07) is 0. The minimum Gasteiger partial charge on any atom is -0.327 e. The van der Waals surface area contributed by atoms with E-state index in [0.717, 1.165) is 12.0 Å². The van der Waals surface area contributed by atoms with Gasteiger partial charge in [-0.15, -0.1) is 0 Å². The second-order valence-corrected chi connectivity index (χ2v) is 2.81. The molecule has 2 N–H and O–H groups in total. The Kier molecular flexibility index (Phi) is 3.05. The van der Waals surface area contributed by atoms with E-state index in [1.165, 1.54) is 5.57 Å². The van der Waals surface area contributed by atoms with Crippen LogP contribution >= 0.6 is 0 Å². The highest BCUT2D eigenvalue weighted by molar-refractivity contribution is 5.51. The van der Waals surface area contributed by atoms with Gasteiger partial charge in [-0.25, -0.2) is 0 Å². The van der Waals surface area contributed by atoms with Gasteiger partial charge in [0, 0.05) is 25.4 Å². The molecule has 3 heteroatoms. The predicted octanol–water partition coefficient (Wildman–Crippen LogP) is 1.17. The van der Waals surface area contributed by atoms with Gasteiger partial charge < -0.3 is 5.73 Å². The Bertz CT molecular complexity index is 267. The predicted molar refractivity (Wildman–Crippen MR) is 50.5 cm³/mol. The molecule has 0 saturated heterocycles. The van der Waals surface area contributed by atoms with E-state index >= 15 is 0 Å². The van der Waals surface area contributed by atoms with Crippen LogP contribution < -0.4 is 5.73 Å². The van der Waals surface area contributed by atoms with Gasteiger partial charge in [-0.3, -0.25) is 4.68 Å². The van der Waals surface area contributed by atoms with Crippen LogP contribution in [0.2, 0.25) is 0 Å². The third kappa shape index (κ3) is 2.20. The molecule has 0 aromatic carbocycles. The Balaban J connectivity index is 2.78. The number of aromatic nitrogens is 2. The zero-order valence-electron chi connectivity index (χ0n) is 7.62. The van der Waals surface area contributed by atoms with Gasteiger partial charge in [0.2, 0.25) is 0 Å². The second kappa shape index (κ2) is 4.07. The quantitative estimate of drug-likeness (QED) is 0.730. The van der Waals surface area contributed by atoms with Crippen LogP contribution in [0.5, 0.6) is 0 Å². The standard InChI is InChI=1S/C9H15N3/c1-3-8(5-10)4-9-6-11-12(2)7-9/h4,6-7H,3,5,10H2,1-2H3. The molecule has 1 heterocycles. The molecule has 0 aliphatic heterocycles. The first-order chi connectivity index (χ1) is 5.76. The lowest BCUT2D eigenvalue weighted by molar-refractivity contribution is 0.767. The molecule has 0 atom stereocenters. The Morgan fingerprint density at radius 3 is 2.92 bits per heavy atom. The molecule has 0 aliphatic rings. The Hall–Kier alpha value is -1.09. The largest absolute Gasteiger partial charge is 0.327 e. The van der Waals surface area contributed by atoms with Crippen molar-refractivity contribution in [2.24, 2.45) is 12.8 Å². The molecule has 0 radical (unpaired) electrons. The van der Waals surface area contributed by atoms with Crippen molar-refractivity contribution in [2.75, 3.05) is 6.54 Å². The zero-order chi connectivity index (χ0) is 8.97. The van der Waals surface area contributed by atoms with Crippen molar-refractivity contribution < 1.29 is 0 Å². The second-order valence-electron chi connectivity index (χ2n) is 2.81. The van der Waals surface area contributed by atoms with E-state index in [1.54, 1.807) is 4.68 Å². The summed E-state index contributed by atoms with van der Waals surface area (Å²) >= 11 is 0. The van der Waals surface area contributed by atoms with Gasteiger partial charge in [-0.05, 0) is 6.42 Å². The van der Waals surface area contributed by atoms with Crippen LogP contribution in [0.4, 0.5) is 0 Å². The fourth-order valence-corrected chi connectivity index (χ4v) is 1.06. The third-order valence-electron chi connectivity index (χ3n) is 1.81. The molecule has 66 valence electrons. The molecule has 0 amide bonds. The van der Waals surface area contributed by atoms with Gasteiger partial charge in [0.15, 0.2) is 0 Å². The highest BCUT2D eigenvalue weighted by atomic mass is 15.2. The lowest BCUT2D eigenvalue weighted by Crippen LogP contribution is -2.01. The maximum absolute atomic E-state index is 5.54. The zero-order valence-corrected chi connectivity index (χ0v) is 7.62. The molecule has 0 saturated carbocycles. The lowest BCUT2D eigenvalue weighted by Gasteiger charge is -1.96. The number of aryl methyl sites for hydroxylation is 1. The summed E-state index contributed by atoms with van der Waals surface area (Å²) < 4.78 is 1.79. The summed E-state index contributed by atoms with van der Waals surface area (Å²) in [5.41, 5.74) is 7.92. The Morgan fingerprint density at radius 1 is 1.75 bits per heavy atom. The lowest BCUT2D eigenvalue weighted by atomic mass is 10.1. The topological polar surface area (TPSA) is 43.8 Å². The van der Waals surface area contributed by atoms with Crippen molar-refractivity contribution in [3.8, 4) is 0 Å². The van der Waals surface area contributed by atoms with E-state index in [1.807, 2.05) is 19.4 Å². The fraction of sp³-hybridized carbons (Fsp3) is 0.444. The highest BCUT2D eigenvalue weighted by Crippen LogP contribution is 2.06. The Labute approximate surface area is 72.9 Å². The molecular formula is C9H15N3. The number of hydrogen-bond acceptors (Lipinski definition) is 2. The van der Waals surface area contributed by atoms with Crippen molar-refractivity contribution in [1.29, 1.82) is 0 Å². The summed E-state index contributed by atoms with van der Waals surface area (Å²) in [5.74, 6) is 0. The number of nitrogens with two attached hydrogens (primary N) is 1. The molecule has 3 nitrogen and oxygen atoms in total. The number of rotatable bonds is 3. The molecule has 0 fully saturated rings. The summed E-state index contributed by atoms with van der Waals surface area (Å²) in [6.07, 6.45) is 6.91. The number of hydrogen-bond donors (Lipinski definition) is 1. The molecular weight excluding hydrogens is 150 g/mol. The van der Waals surface area contributed by atoms with E-state index in [4.69, 9.17) is 5.73 Å². The number of nitrogens with zero attached hydrogens (tertiary/aromatic N) is 2. The summed E-state index contributed by atoms with van der Waals surface area (Å²) in [6.45, 7) is 2.74. The van der Waals surface area contributed by atoms with Gasteiger partial charge in [-0.1, -0.05) is 18.6 Å². The molecule has 0 unspecified atom stereocenters. The van der Waals surface area contributed by atoms with Gasteiger partial charge in [0.05, 0.1) is 6.20 Å². The first-order valence-electron chi connectivity index (χ1n) is 4.14. The maximum Gasteiger partial charge on any atom is 0.0562 e. The molecule has 0 aliphatic carbocycles. The molecule has 1 rings (SSSR count). The molecule has 1 aromatic heterocycles. The summed E-state index contributed by atoms with van der Waals surface area (Å²) in [7, 11) is 1.91. The third-order valence-corrected chi connectivity index (χ3v) is 1.81. The van der Waals surface area contributed by atoms with Crippen LogP contribution in [-0.4, -0.2) is 16.3 Å². The summed E-state index contributed by atoms with van der Waals surface area (Å²) in [5, 5.41) is 4.07. The molecule has 0 bridgehead atoms. The average Bonchev–Trinajstić information content (AvgIpc) is 2.47. The van der Waals surface area contributed by atoms with Crippen LogP contribution in [-0.2, 0) is 7.05 Å². The minimum atomic E-state index is 0.630.